The number of hydrogen-bond acceptors (Lipinski definition) is 9. The topological polar surface area (TPSA) is 131 Å². The maximum atomic E-state index is 12.7. The number of allylic oxidation sites excluding steroid dienone is 10. The predicted molar refractivity (Wildman–Crippen MR) is 232 cm³/mol. The summed E-state index contributed by atoms with van der Waals surface area (Å²) < 4.78 is 33.8. The lowest BCUT2D eigenvalue weighted by Gasteiger charge is -2.28. The van der Waals surface area contributed by atoms with Crippen LogP contribution in [0.3, 0.4) is 0 Å². The first-order valence-corrected chi connectivity index (χ1v) is 23.5. The highest BCUT2D eigenvalue weighted by Crippen LogP contribution is 2.38. The summed E-state index contributed by atoms with van der Waals surface area (Å²) in [6.45, 7) is 3.67. The molecule has 0 bridgehead atoms. The summed E-state index contributed by atoms with van der Waals surface area (Å²) in [6, 6.07) is 0. The smallest absolute Gasteiger partial charge is 0.306 e. The van der Waals surface area contributed by atoms with Crippen LogP contribution in [0, 0.1) is 0 Å². The van der Waals surface area contributed by atoms with Crippen LogP contribution in [-0.4, -0.2) is 81.2 Å². The Hall–Kier alpha value is -2.33. The number of carbonyl (C=O) groups is 2. The van der Waals surface area contributed by atoms with Crippen molar-refractivity contribution >= 4 is 19.8 Å². The van der Waals surface area contributed by atoms with Gasteiger partial charge in [0.15, 0.2) is 6.10 Å². The van der Waals surface area contributed by atoms with Crippen LogP contribution >= 0.6 is 7.82 Å². The van der Waals surface area contributed by atoms with Crippen molar-refractivity contribution in [2.45, 2.75) is 174 Å². The molecule has 0 fully saturated rings. The molecule has 1 N–H and O–H groups in total. The third kappa shape index (κ3) is 43.1. The second-order valence-corrected chi connectivity index (χ2v) is 17.4. The Balaban J connectivity index is 4.46. The minimum Gasteiger partial charge on any atom is -0.756 e. The zero-order valence-corrected chi connectivity index (χ0v) is 37.5. The molecule has 10 nitrogen and oxygen atoms in total. The average Bonchev–Trinajstić information content (AvgIpc) is 3.14. The van der Waals surface area contributed by atoms with Gasteiger partial charge >= 0.3 is 11.9 Å². The van der Waals surface area contributed by atoms with Crippen LogP contribution in [0.2, 0.25) is 0 Å². The number of esters is 2. The van der Waals surface area contributed by atoms with Gasteiger partial charge in [-0.25, -0.2) is 0 Å². The Labute approximate surface area is 348 Å². The second kappa shape index (κ2) is 37.9. The fraction of sp³-hybridized carbons (Fsp3) is 0.739. The molecule has 0 saturated carbocycles. The van der Waals surface area contributed by atoms with Crippen LogP contribution in [0.15, 0.2) is 60.8 Å². The first-order chi connectivity index (χ1) is 27.3. The van der Waals surface area contributed by atoms with Crippen LogP contribution in [0.4, 0.5) is 0 Å². The summed E-state index contributed by atoms with van der Waals surface area (Å²) in [5.74, 6) is -0.926. The van der Waals surface area contributed by atoms with Crippen molar-refractivity contribution in [3.05, 3.63) is 60.8 Å². The number of rotatable bonds is 39. The first-order valence-electron chi connectivity index (χ1n) is 22.0. The van der Waals surface area contributed by atoms with Gasteiger partial charge in [-0.05, 0) is 90.4 Å². The largest absolute Gasteiger partial charge is 0.756 e. The number of carbonyl (C=O) groups excluding carboxylic acids is 2. The summed E-state index contributed by atoms with van der Waals surface area (Å²) in [4.78, 5) is 37.5. The lowest BCUT2D eigenvalue weighted by molar-refractivity contribution is -0.870. The molecule has 0 aromatic heterocycles. The molecule has 0 aliphatic carbocycles. The third-order valence-electron chi connectivity index (χ3n) is 9.03. The van der Waals surface area contributed by atoms with E-state index in [2.05, 4.69) is 61.6 Å². The van der Waals surface area contributed by atoms with E-state index in [4.69, 9.17) is 18.5 Å². The van der Waals surface area contributed by atoms with Gasteiger partial charge < -0.3 is 33.0 Å². The molecule has 0 radical (unpaired) electrons. The fourth-order valence-corrected chi connectivity index (χ4v) is 6.27. The van der Waals surface area contributed by atoms with Crippen LogP contribution in [0.25, 0.3) is 0 Å². The second-order valence-electron chi connectivity index (χ2n) is 16.0. The van der Waals surface area contributed by atoms with Crippen LogP contribution in [0.5, 0.6) is 0 Å². The molecule has 0 heterocycles. The third-order valence-corrected chi connectivity index (χ3v) is 9.99. The molecule has 0 aromatic carbocycles. The lowest BCUT2D eigenvalue weighted by Crippen LogP contribution is -2.37. The Kier molecular flexibility index (Phi) is 36.4. The minimum atomic E-state index is -4.65. The molecular formula is C46H82NO9P. The standard InChI is InChI=1S/C46H82NO9P/c1-6-7-8-9-10-11-12-13-15-20-23-26-29-32-35-38-46(50)56-44(42-55-57(51,52)54-40-39-47(3,4)5)41-53-45(49)37-34-31-28-25-22-19-17-14-16-18-21-24-27-30-33-36-43(2)48/h11-12,16-19,24-25,27-28,43-44,48H,6-10,13-15,20-23,26,29-42H2,1-5H3/b12-11-,18-16-,19-17-,27-24-,28-25-/t43-,44-/m1/s1. The number of aliphatic hydroxyl groups excluding tert-OH is 1. The first kappa shape index (κ1) is 54.7. The van der Waals surface area contributed by atoms with E-state index in [-0.39, 0.29) is 32.2 Å². The monoisotopic (exact) mass is 824 g/mol. The van der Waals surface area contributed by atoms with Crippen LogP contribution in [-0.2, 0) is 32.7 Å². The van der Waals surface area contributed by atoms with E-state index in [9.17, 15) is 24.2 Å². The van der Waals surface area contributed by atoms with Crippen LogP contribution < -0.4 is 4.89 Å². The molecular weight excluding hydrogens is 741 g/mol. The quantitative estimate of drug-likeness (QED) is 0.0212. The molecule has 0 spiro atoms. The molecule has 57 heavy (non-hydrogen) atoms. The van der Waals surface area contributed by atoms with E-state index < -0.39 is 32.5 Å². The van der Waals surface area contributed by atoms with Gasteiger partial charge in [0, 0.05) is 12.8 Å². The van der Waals surface area contributed by atoms with Crippen molar-refractivity contribution in [3.8, 4) is 0 Å². The number of phosphoric acid groups is 1. The van der Waals surface area contributed by atoms with Gasteiger partial charge in [0.25, 0.3) is 7.82 Å². The Bertz CT molecular complexity index is 1170. The van der Waals surface area contributed by atoms with Gasteiger partial charge in [0.2, 0.25) is 0 Å². The predicted octanol–water partition coefficient (Wildman–Crippen LogP) is 10.8. The number of ether oxygens (including phenoxy) is 2. The molecule has 0 aliphatic rings. The molecule has 0 rings (SSSR count). The Morgan fingerprint density at radius 3 is 1.67 bits per heavy atom. The summed E-state index contributed by atoms with van der Waals surface area (Å²) in [5, 5.41) is 9.27. The molecule has 1 unspecified atom stereocenters. The lowest BCUT2D eigenvalue weighted by atomic mass is 10.1. The van der Waals surface area contributed by atoms with Gasteiger partial charge in [0.1, 0.15) is 19.8 Å². The highest BCUT2D eigenvalue weighted by atomic mass is 31.2. The van der Waals surface area contributed by atoms with Gasteiger partial charge in [-0.1, -0.05) is 119 Å². The number of nitrogens with zero attached hydrogens (tertiary/aromatic N) is 1. The van der Waals surface area contributed by atoms with E-state index in [0.717, 1.165) is 64.2 Å². The molecule has 0 aliphatic heterocycles. The SMILES string of the molecule is CCCCCC/C=C\CCCCCCCCCC(=O)O[C@H](COC(=O)CCC/C=C\C/C=C\C/C=C\C/C=C\CCC[C@@H](C)O)COP(=O)([O-])OCC[N+](C)(C)C. The molecule has 330 valence electrons. The highest BCUT2D eigenvalue weighted by molar-refractivity contribution is 7.45. The summed E-state index contributed by atoms with van der Waals surface area (Å²) in [5.41, 5.74) is 0. The van der Waals surface area contributed by atoms with Crippen molar-refractivity contribution < 1.29 is 47.2 Å². The van der Waals surface area contributed by atoms with Crippen molar-refractivity contribution in [1.29, 1.82) is 0 Å². The molecule has 0 aromatic rings. The summed E-state index contributed by atoms with van der Waals surface area (Å²) in [6.07, 6.45) is 42.4. The Morgan fingerprint density at radius 2 is 1.11 bits per heavy atom. The van der Waals surface area contributed by atoms with E-state index >= 15 is 0 Å². The van der Waals surface area contributed by atoms with Crippen molar-refractivity contribution in [2.24, 2.45) is 0 Å². The number of hydrogen-bond donors (Lipinski definition) is 1. The van der Waals surface area contributed by atoms with Gasteiger partial charge in [0.05, 0.1) is 33.9 Å². The number of phosphoric ester groups is 1. The summed E-state index contributed by atoms with van der Waals surface area (Å²) >= 11 is 0. The molecule has 0 saturated heterocycles. The summed E-state index contributed by atoms with van der Waals surface area (Å²) in [7, 11) is 1.11. The van der Waals surface area contributed by atoms with Crippen molar-refractivity contribution in [1.82, 2.24) is 0 Å². The number of likely N-dealkylation sites (N-methyl/N-ethyl adjacent to an activating group) is 1. The maximum absolute atomic E-state index is 12.7. The van der Waals surface area contributed by atoms with Gasteiger partial charge in [-0.3, -0.25) is 14.2 Å². The normalized spacial score (nSPS) is 14.7. The number of aliphatic hydroxyl groups is 1. The van der Waals surface area contributed by atoms with Crippen molar-refractivity contribution in [3.63, 3.8) is 0 Å². The fourth-order valence-electron chi connectivity index (χ4n) is 5.54. The average molecular weight is 824 g/mol. The minimum absolute atomic E-state index is 0.0478. The van der Waals surface area contributed by atoms with E-state index in [1.807, 2.05) is 34.1 Å². The molecule has 0 amide bonds. The highest BCUT2D eigenvalue weighted by Gasteiger charge is 2.21. The molecule has 3 atom stereocenters. The number of quaternary nitrogens is 1. The van der Waals surface area contributed by atoms with Gasteiger partial charge in [-0.15, -0.1) is 0 Å². The van der Waals surface area contributed by atoms with E-state index in [1.165, 1.54) is 51.4 Å². The maximum Gasteiger partial charge on any atom is 0.306 e. The number of unbranched alkanes of at least 4 members (excludes halogenated alkanes) is 13. The van der Waals surface area contributed by atoms with Crippen molar-refractivity contribution in [2.75, 3.05) is 47.5 Å². The zero-order valence-electron chi connectivity index (χ0n) is 36.6. The molecule has 11 heteroatoms. The zero-order chi connectivity index (χ0) is 42.3. The Morgan fingerprint density at radius 1 is 0.632 bits per heavy atom. The van der Waals surface area contributed by atoms with Gasteiger partial charge in [-0.2, -0.15) is 0 Å². The van der Waals surface area contributed by atoms with E-state index in [0.29, 0.717) is 30.3 Å². The van der Waals surface area contributed by atoms with Crippen LogP contribution in [0.1, 0.15) is 162 Å². The van der Waals surface area contributed by atoms with E-state index in [1.54, 1.807) is 0 Å².